The molecule has 18 heavy (non-hydrogen) atoms. The number of hydrogen-bond acceptors (Lipinski definition) is 0. The van der Waals surface area contributed by atoms with Gasteiger partial charge in [-0.25, -0.2) is 0 Å². The monoisotopic (exact) mass is 277 g/mol. The predicted molar refractivity (Wildman–Crippen MR) is 89.6 cm³/mol. The zero-order valence-electron chi connectivity index (χ0n) is 13.0. The Bertz CT molecular complexity index is 344. The Hall–Kier alpha value is -0.346. The van der Waals surface area contributed by atoms with Gasteiger partial charge in [0.25, 0.3) is 0 Å². The first kappa shape index (κ1) is 15.7. The third-order valence-corrected chi connectivity index (χ3v) is 7.58. The molecule has 0 nitrogen and oxygen atoms in total. The average molecular weight is 278 g/mol. The van der Waals surface area contributed by atoms with Gasteiger partial charge in [-0.05, 0) is 23.9 Å². The number of rotatable bonds is 6. The highest BCUT2D eigenvalue weighted by Crippen LogP contribution is 2.32. The maximum absolute atomic E-state index is 2.57. The minimum absolute atomic E-state index is 0.773. The molecule has 0 spiro atoms. The quantitative estimate of drug-likeness (QED) is 0.595. The molecule has 1 rings (SSSR count). The minimum atomic E-state index is -1.14. The van der Waals surface area contributed by atoms with E-state index in [1.165, 1.54) is 12.5 Å². The highest BCUT2D eigenvalue weighted by molar-refractivity contribution is 6.77. The lowest BCUT2D eigenvalue weighted by Gasteiger charge is -2.30. The zero-order valence-corrected chi connectivity index (χ0v) is 15.0. The molecule has 0 aliphatic rings. The van der Waals surface area contributed by atoms with Crippen LogP contribution in [0.2, 0.25) is 45.3 Å². The van der Waals surface area contributed by atoms with E-state index in [4.69, 9.17) is 0 Å². The third kappa shape index (κ3) is 5.53. The van der Waals surface area contributed by atoms with Crippen LogP contribution in [0.5, 0.6) is 0 Å². The third-order valence-electron chi connectivity index (χ3n) is 3.41. The Labute approximate surface area is 116 Å². The largest absolute Gasteiger partial charge is 0.0695 e. The Morgan fingerprint density at radius 3 is 1.94 bits per heavy atom. The van der Waals surface area contributed by atoms with Crippen molar-refractivity contribution in [2.24, 2.45) is 0 Å². The van der Waals surface area contributed by atoms with Crippen molar-refractivity contribution in [3.05, 3.63) is 42.3 Å². The van der Waals surface area contributed by atoms with E-state index in [9.17, 15) is 0 Å². The smallest absolute Gasteiger partial charge is 0.0521 e. The molecule has 0 saturated carbocycles. The summed E-state index contributed by atoms with van der Waals surface area (Å²) in [5, 5.41) is 0. The fourth-order valence-corrected chi connectivity index (χ4v) is 5.46. The van der Waals surface area contributed by atoms with Gasteiger partial charge < -0.3 is 0 Å². The van der Waals surface area contributed by atoms with Gasteiger partial charge in [-0.3, -0.25) is 0 Å². The van der Waals surface area contributed by atoms with Gasteiger partial charge in [0.05, 0.1) is 8.07 Å². The molecule has 101 valence electrons. The van der Waals surface area contributed by atoms with E-state index in [1.807, 2.05) is 0 Å². The molecule has 0 aliphatic carbocycles. The molecule has 0 aliphatic heterocycles. The van der Waals surface area contributed by atoms with E-state index < -0.39 is 16.1 Å². The molecule has 0 N–H and O–H groups in total. The van der Waals surface area contributed by atoms with Crippen LogP contribution in [-0.2, 0) is 0 Å². The molecule has 1 atom stereocenters. The van der Waals surface area contributed by atoms with Crippen LogP contribution in [0.4, 0.5) is 0 Å². The highest BCUT2D eigenvalue weighted by atomic mass is 28.3. The lowest BCUT2D eigenvalue weighted by atomic mass is 10.1. The summed E-state index contributed by atoms with van der Waals surface area (Å²) in [6, 6.07) is 12.5. The SMILES string of the molecule is C[Si](C)(C)C[CH]CC(c1ccccc1)[Si](C)(C)C. The summed E-state index contributed by atoms with van der Waals surface area (Å²) in [5.74, 6) is 0. The average Bonchev–Trinajstić information content (AvgIpc) is 2.22. The molecule has 0 aromatic heterocycles. The summed E-state index contributed by atoms with van der Waals surface area (Å²) >= 11 is 0. The van der Waals surface area contributed by atoms with E-state index in [0.29, 0.717) is 0 Å². The Morgan fingerprint density at radius 2 is 1.50 bits per heavy atom. The van der Waals surface area contributed by atoms with E-state index in [-0.39, 0.29) is 0 Å². The molecule has 0 saturated heterocycles. The van der Waals surface area contributed by atoms with Gasteiger partial charge >= 0.3 is 0 Å². The van der Waals surface area contributed by atoms with E-state index >= 15 is 0 Å². The summed E-state index contributed by atoms with van der Waals surface area (Å²) in [4.78, 5) is 0. The van der Waals surface area contributed by atoms with Crippen molar-refractivity contribution in [3.63, 3.8) is 0 Å². The van der Waals surface area contributed by atoms with E-state index in [2.05, 4.69) is 76.0 Å². The van der Waals surface area contributed by atoms with Crippen molar-refractivity contribution in [2.45, 2.75) is 57.3 Å². The summed E-state index contributed by atoms with van der Waals surface area (Å²) in [7, 11) is -2.06. The van der Waals surface area contributed by atoms with Crippen LogP contribution in [0.1, 0.15) is 17.5 Å². The van der Waals surface area contributed by atoms with Gasteiger partial charge in [0.15, 0.2) is 0 Å². The predicted octanol–water partition coefficient (Wildman–Crippen LogP) is 5.58. The van der Waals surface area contributed by atoms with Gasteiger partial charge in [0.1, 0.15) is 0 Å². The van der Waals surface area contributed by atoms with Crippen molar-refractivity contribution >= 4 is 16.1 Å². The topological polar surface area (TPSA) is 0 Å². The Balaban J connectivity index is 2.70. The second-order valence-corrected chi connectivity index (χ2v) is 18.6. The van der Waals surface area contributed by atoms with Crippen molar-refractivity contribution in [3.8, 4) is 0 Å². The van der Waals surface area contributed by atoms with Crippen molar-refractivity contribution in [1.29, 1.82) is 0 Å². The van der Waals surface area contributed by atoms with Crippen LogP contribution in [0, 0.1) is 6.42 Å². The first-order valence-electron chi connectivity index (χ1n) is 7.07. The van der Waals surface area contributed by atoms with Crippen molar-refractivity contribution in [2.75, 3.05) is 0 Å². The van der Waals surface area contributed by atoms with E-state index in [1.54, 1.807) is 5.56 Å². The number of hydrogen-bond donors (Lipinski definition) is 0. The molecular weight excluding hydrogens is 248 g/mol. The molecule has 1 radical (unpaired) electrons. The van der Waals surface area contributed by atoms with Crippen molar-refractivity contribution in [1.82, 2.24) is 0 Å². The zero-order chi connectivity index (χ0) is 13.8. The van der Waals surface area contributed by atoms with Gasteiger partial charge in [0, 0.05) is 8.07 Å². The summed E-state index contributed by atoms with van der Waals surface area (Å²) < 4.78 is 0. The van der Waals surface area contributed by atoms with Crippen LogP contribution in [0.25, 0.3) is 0 Å². The summed E-state index contributed by atoms with van der Waals surface area (Å²) in [6.45, 7) is 14.8. The van der Waals surface area contributed by atoms with Crippen LogP contribution < -0.4 is 0 Å². The fourth-order valence-electron chi connectivity index (χ4n) is 2.36. The second-order valence-electron chi connectivity index (χ2n) is 7.62. The van der Waals surface area contributed by atoms with Crippen LogP contribution in [-0.4, -0.2) is 16.1 Å². The molecule has 0 fully saturated rings. The van der Waals surface area contributed by atoms with E-state index in [0.717, 1.165) is 5.54 Å². The first-order valence-corrected chi connectivity index (χ1v) is 14.4. The molecule has 1 aromatic rings. The molecule has 1 aromatic carbocycles. The van der Waals surface area contributed by atoms with Crippen LogP contribution in [0.3, 0.4) is 0 Å². The summed E-state index contributed by atoms with van der Waals surface area (Å²) in [6.07, 6.45) is 3.84. The van der Waals surface area contributed by atoms with Crippen molar-refractivity contribution < 1.29 is 0 Å². The lowest BCUT2D eigenvalue weighted by Crippen LogP contribution is -2.31. The van der Waals surface area contributed by atoms with Gasteiger partial charge in [0.2, 0.25) is 0 Å². The van der Waals surface area contributed by atoms with Gasteiger partial charge in [-0.2, -0.15) is 0 Å². The maximum atomic E-state index is 2.57. The lowest BCUT2D eigenvalue weighted by molar-refractivity contribution is 0.855. The highest BCUT2D eigenvalue weighted by Gasteiger charge is 2.28. The van der Waals surface area contributed by atoms with Crippen LogP contribution in [0.15, 0.2) is 30.3 Å². The van der Waals surface area contributed by atoms with Gasteiger partial charge in [-0.1, -0.05) is 75.7 Å². The number of benzene rings is 1. The molecule has 1 unspecified atom stereocenters. The minimum Gasteiger partial charge on any atom is -0.0695 e. The fraction of sp³-hybridized carbons (Fsp3) is 0.562. The standard InChI is InChI=1S/C16H29Si2/c1-17(2,3)14-10-13-16(18(4,5)6)15-11-8-7-9-12-15/h7-12,16H,13-14H2,1-6H3. The second kappa shape index (κ2) is 6.20. The summed E-state index contributed by atoms with van der Waals surface area (Å²) in [5.41, 5.74) is 2.32. The normalized spacial score (nSPS) is 14.6. The molecule has 0 bridgehead atoms. The molecule has 0 amide bonds. The molecule has 2 heteroatoms. The Kier molecular flexibility index (Phi) is 5.41. The maximum Gasteiger partial charge on any atom is 0.0521 e. The first-order chi connectivity index (χ1) is 8.20. The molecular formula is C16H29Si2. The Morgan fingerprint density at radius 1 is 0.944 bits per heavy atom. The molecule has 0 heterocycles. The van der Waals surface area contributed by atoms with Gasteiger partial charge in [-0.15, -0.1) is 0 Å². The van der Waals surface area contributed by atoms with Crippen LogP contribution >= 0.6 is 0 Å².